The first-order valence-corrected chi connectivity index (χ1v) is 8.78. The Bertz CT molecular complexity index is 370. The molecule has 0 heterocycles. The van der Waals surface area contributed by atoms with Gasteiger partial charge in [0.05, 0.1) is 0 Å². The van der Waals surface area contributed by atoms with Gasteiger partial charge in [0.25, 0.3) is 0 Å². The molecule has 0 spiro atoms. The second-order valence-corrected chi connectivity index (χ2v) is 7.45. The zero-order valence-electron chi connectivity index (χ0n) is 13.2. The molecule has 0 bridgehead atoms. The smallest absolute Gasteiger partial charge is 0.123 e. The van der Waals surface area contributed by atoms with Crippen LogP contribution in [0.2, 0.25) is 0 Å². The lowest BCUT2D eigenvalue weighted by molar-refractivity contribution is 0.355. The lowest BCUT2D eigenvalue weighted by atomic mass is 9.94. The number of nitrogens with one attached hydrogen (secondary N) is 1. The summed E-state index contributed by atoms with van der Waals surface area (Å²) >= 11 is 1.91. The fourth-order valence-electron chi connectivity index (χ4n) is 2.20. The van der Waals surface area contributed by atoms with Crippen LogP contribution in [-0.4, -0.2) is 24.1 Å². The topological polar surface area (TPSA) is 12.0 Å². The molecule has 20 heavy (non-hydrogen) atoms. The molecule has 0 aliphatic heterocycles. The van der Waals surface area contributed by atoms with Crippen LogP contribution in [0.5, 0.6) is 0 Å². The van der Waals surface area contributed by atoms with Gasteiger partial charge < -0.3 is 5.32 Å². The molecule has 1 nitrogen and oxygen atoms in total. The fraction of sp³-hybridized carbons (Fsp3) is 0.647. The Morgan fingerprint density at radius 3 is 2.40 bits per heavy atom. The average molecular weight is 297 g/mol. The SMILES string of the molecule is CSCCCC(CNC(C)(C)C)Cc1ccc(F)cc1. The molecule has 1 N–H and O–H groups in total. The predicted octanol–water partition coefficient (Wildman–Crippen LogP) is 4.52. The van der Waals surface area contributed by atoms with Crippen molar-refractivity contribution in [1.82, 2.24) is 5.32 Å². The van der Waals surface area contributed by atoms with Crippen LogP contribution in [0.1, 0.15) is 39.2 Å². The van der Waals surface area contributed by atoms with Crippen LogP contribution < -0.4 is 5.32 Å². The summed E-state index contributed by atoms with van der Waals surface area (Å²) in [5, 5.41) is 3.60. The Morgan fingerprint density at radius 2 is 1.85 bits per heavy atom. The Balaban J connectivity index is 2.54. The van der Waals surface area contributed by atoms with Crippen LogP contribution in [-0.2, 0) is 6.42 Å². The highest BCUT2D eigenvalue weighted by Crippen LogP contribution is 2.17. The van der Waals surface area contributed by atoms with Gasteiger partial charge in [-0.2, -0.15) is 11.8 Å². The van der Waals surface area contributed by atoms with Crippen LogP contribution >= 0.6 is 11.8 Å². The lowest BCUT2D eigenvalue weighted by Gasteiger charge is -2.25. The molecule has 0 aliphatic rings. The number of thioether (sulfide) groups is 1. The second-order valence-electron chi connectivity index (χ2n) is 6.46. The summed E-state index contributed by atoms with van der Waals surface area (Å²) in [6, 6.07) is 6.94. The predicted molar refractivity (Wildman–Crippen MR) is 89.0 cm³/mol. The van der Waals surface area contributed by atoms with Gasteiger partial charge in [0.2, 0.25) is 0 Å². The van der Waals surface area contributed by atoms with E-state index >= 15 is 0 Å². The van der Waals surface area contributed by atoms with Gasteiger partial charge in [-0.1, -0.05) is 12.1 Å². The van der Waals surface area contributed by atoms with Gasteiger partial charge in [-0.25, -0.2) is 4.39 Å². The van der Waals surface area contributed by atoms with Gasteiger partial charge >= 0.3 is 0 Å². The maximum Gasteiger partial charge on any atom is 0.123 e. The summed E-state index contributed by atoms with van der Waals surface area (Å²) < 4.78 is 13.0. The van der Waals surface area contributed by atoms with E-state index in [1.54, 1.807) is 12.1 Å². The van der Waals surface area contributed by atoms with Crippen molar-refractivity contribution in [1.29, 1.82) is 0 Å². The average Bonchev–Trinajstić information content (AvgIpc) is 2.37. The molecule has 1 rings (SSSR count). The van der Waals surface area contributed by atoms with E-state index in [9.17, 15) is 4.39 Å². The number of hydrogen-bond acceptors (Lipinski definition) is 2. The highest BCUT2D eigenvalue weighted by molar-refractivity contribution is 7.98. The van der Waals surface area contributed by atoms with Gasteiger partial charge in [0.1, 0.15) is 5.82 Å². The van der Waals surface area contributed by atoms with E-state index in [-0.39, 0.29) is 11.4 Å². The van der Waals surface area contributed by atoms with E-state index in [0.717, 1.165) is 13.0 Å². The van der Waals surface area contributed by atoms with Crippen molar-refractivity contribution in [2.24, 2.45) is 5.92 Å². The molecule has 0 aromatic heterocycles. The van der Waals surface area contributed by atoms with Crippen LogP contribution in [0.15, 0.2) is 24.3 Å². The zero-order valence-corrected chi connectivity index (χ0v) is 14.0. The molecule has 1 atom stereocenters. The molecule has 0 saturated carbocycles. The third-order valence-electron chi connectivity index (χ3n) is 3.32. The Kier molecular flexibility index (Phi) is 7.60. The quantitative estimate of drug-likeness (QED) is 0.708. The van der Waals surface area contributed by atoms with E-state index in [2.05, 4.69) is 32.3 Å². The van der Waals surface area contributed by atoms with Gasteiger partial charge in [0.15, 0.2) is 0 Å². The Hall–Kier alpha value is -0.540. The largest absolute Gasteiger partial charge is 0.312 e. The van der Waals surface area contributed by atoms with E-state index in [1.165, 1.54) is 24.2 Å². The Labute approximate surface area is 127 Å². The van der Waals surface area contributed by atoms with Crippen molar-refractivity contribution in [3.8, 4) is 0 Å². The summed E-state index contributed by atoms with van der Waals surface area (Å²) in [7, 11) is 0. The van der Waals surface area contributed by atoms with Crippen LogP contribution in [0.25, 0.3) is 0 Å². The molecule has 114 valence electrons. The third kappa shape index (κ3) is 7.91. The maximum absolute atomic E-state index is 13.0. The lowest BCUT2D eigenvalue weighted by Crippen LogP contribution is -2.39. The molecular formula is C17H28FNS. The normalized spacial score (nSPS) is 13.4. The summed E-state index contributed by atoms with van der Waals surface area (Å²) in [6.45, 7) is 7.62. The van der Waals surface area contributed by atoms with Gasteiger partial charge in [-0.15, -0.1) is 0 Å². The monoisotopic (exact) mass is 297 g/mol. The van der Waals surface area contributed by atoms with Crippen molar-refractivity contribution in [2.75, 3.05) is 18.6 Å². The van der Waals surface area contributed by atoms with Crippen molar-refractivity contribution in [3.05, 3.63) is 35.6 Å². The van der Waals surface area contributed by atoms with Crippen molar-refractivity contribution in [2.45, 2.75) is 45.6 Å². The van der Waals surface area contributed by atoms with Gasteiger partial charge in [-0.05, 0) is 82.2 Å². The van der Waals surface area contributed by atoms with E-state index in [4.69, 9.17) is 0 Å². The number of benzene rings is 1. The second kappa shape index (κ2) is 8.68. The van der Waals surface area contributed by atoms with Gasteiger partial charge in [0, 0.05) is 5.54 Å². The maximum atomic E-state index is 13.0. The van der Waals surface area contributed by atoms with Crippen LogP contribution in [0.4, 0.5) is 4.39 Å². The highest BCUT2D eigenvalue weighted by atomic mass is 32.2. The van der Waals surface area contributed by atoms with E-state index < -0.39 is 0 Å². The Morgan fingerprint density at radius 1 is 1.20 bits per heavy atom. The first-order valence-electron chi connectivity index (χ1n) is 7.39. The van der Waals surface area contributed by atoms with E-state index in [1.807, 2.05) is 23.9 Å². The number of halogens is 1. The summed E-state index contributed by atoms with van der Waals surface area (Å²) in [5.41, 5.74) is 1.39. The number of rotatable bonds is 8. The molecule has 0 saturated heterocycles. The van der Waals surface area contributed by atoms with Crippen LogP contribution in [0, 0.1) is 11.7 Å². The third-order valence-corrected chi connectivity index (χ3v) is 4.02. The van der Waals surface area contributed by atoms with Gasteiger partial charge in [-0.3, -0.25) is 0 Å². The molecule has 1 aromatic rings. The standard InChI is InChI=1S/C17H28FNS/c1-17(2,3)19-13-15(6-5-11-20-4)12-14-7-9-16(18)10-8-14/h7-10,15,19H,5-6,11-13H2,1-4H3. The zero-order chi connectivity index (χ0) is 15.0. The first-order chi connectivity index (χ1) is 9.40. The molecule has 0 radical (unpaired) electrons. The minimum atomic E-state index is -0.152. The molecular weight excluding hydrogens is 269 g/mol. The fourth-order valence-corrected chi connectivity index (χ4v) is 2.65. The van der Waals surface area contributed by atoms with Crippen molar-refractivity contribution >= 4 is 11.8 Å². The van der Waals surface area contributed by atoms with Crippen molar-refractivity contribution in [3.63, 3.8) is 0 Å². The van der Waals surface area contributed by atoms with Crippen LogP contribution in [0.3, 0.4) is 0 Å². The molecule has 0 amide bonds. The first kappa shape index (κ1) is 17.5. The number of hydrogen-bond donors (Lipinski definition) is 1. The minimum Gasteiger partial charge on any atom is -0.312 e. The molecule has 3 heteroatoms. The van der Waals surface area contributed by atoms with Crippen molar-refractivity contribution < 1.29 is 4.39 Å². The minimum absolute atomic E-state index is 0.152. The summed E-state index contributed by atoms with van der Waals surface area (Å²) in [5.74, 6) is 1.68. The highest BCUT2D eigenvalue weighted by Gasteiger charge is 2.14. The molecule has 0 aliphatic carbocycles. The molecule has 1 aromatic carbocycles. The summed E-state index contributed by atoms with van der Waals surface area (Å²) in [4.78, 5) is 0. The van der Waals surface area contributed by atoms with E-state index in [0.29, 0.717) is 5.92 Å². The summed E-state index contributed by atoms with van der Waals surface area (Å²) in [6.07, 6.45) is 5.65. The molecule has 1 unspecified atom stereocenters. The molecule has 0 fully saturated rings.